The highest BCUT2D eigenvalue weighted by Gasteiger charge is 2.40. The summed E-state index contributed by atoms with van der Waals surface area (Å²) < 4.78 is 5.53. The third-order valence-electron chi connectivity index (χ3n) is 3.33. The van der Waals surface area contributed by atoms with E-state index < -0.39 is 5.60 Å². The van der Waals surface area contributed by atoms with Crippen LogP contribution in [0.25, 0.3) is 0 Å². The van der Waals surface area contributed by atoms with Gasteiger partial charge in [0.15, 0.2) is 5.60 Å². The molecule has 1 N–H and O–H groups in total. The van der Waals surface area contributed by atoms with Crippen molar-refractivity contribution < 1.29 is 14.3 Å². The number of morpholine rings is 1. The van der Waals surface area contributed by atoms with Gasteiger partial charge in [-0.1, -0.05) is 0 Å². The smallest absolute Gasteiger partial charge is 0.253 e. The first kappa shape index (κ1) is 14.9. The molecular weight excluding hydrogens is 278 g/mol. The Balaban J connectivity index is 2.01. The van der Waals surface area contributed by atoms with Gasteiger partial charge in [-0.05, 0) is 13.8 Å². The Bertz CT molecular complexity index is 517. The van der Waals surface area contributed by atoms with Gasteiger partial charge in [-0.3, -0.25) is 9.59 Å². The number of carbonyl (C=O) groups is 2. The number of amides is 2. The van der Waals surface area contributed by atoms with E-state index in [4.69, 9.17) is 4.74 Å². The van der Waals surface area contributed by atoms with Crippen molar-refractivity contribution in [1.29, 1.82) is 0 Å². The molecule has 0 aliphatic carbocycles. The molecule has 20 heavy (non-hydrogen) atoms. The Hall–Kier alpha value is -1.47. The zero-order valence-electron chi connectivity index (χ0n) is 11.9. The molecule has 0 saturated carbocycles. The zero-order chi connectivity index (χ0) is 14.8. The van der Waals surface area contributed by atoms with Crippen molar-refractivity contribution in [2.45, 2.75) is 25.9 Å². The van der Waals surface area contributed by atoms with Gasteiger partial charge < -0.3 is 15.0 Å². The van der Waals surface area contributed by atoms with Crippen molar-refractivity contribution in [2.24, 2.45) is 0 Å². The molecule has 6 nitrogen and oxygen atoms in total. The summed E-state index contributed by atoms with van der Waals surface area (Å²) in [4.78, 5) is 30.1. The Morgan fingerprint density at radius 1 is 1.60 bits per heavy atom. The van der Waals surface area contributed by atoms with Crippen LogP contribution >= 0.6 is 11.3 Å². The lowest BCUT2D eigenvalue weighted by molar-refractivity contribution is -0.162. The minimum absolute atomic E-state index is 0.0197. The molecule has 0 spiro atoms. The topological polar surface area (TPSA) is 71.5 Å². The van der Waals surface area contributed by atoms with Gasteiger partial charge in [0.1, 0.15) is 0 Å². The Kier molecular flexibility index (Phi) is 4.39. The van der Waals surface area contributed by atoms with Crippen LogP contribution in [0.4, 0.5) is 0 Å². The molecule has 1 atom stereocenters. The second-order valence-corrected chi connectivity index (χ2v) is 6.07. The first-order valence-electron chi connectivity index (χ1n) is 6.49. The zero-order valence-corrected chi connectivity index (χ0v) is 12.7. The summed E-state index contributed by atoms with van der Waals surface area (Å²) in [5, 5.41) is 5.42. The molecule has 1 aromatic rings. The number of hydrogen-bond donors (Lipinski definition) is 1. The minimum Gasteiger partial charge on any atom is -0.362 e. The van der Waals surface area contributed by atoms with E-state index in [0.29, 0.717) is 13.2 Å². The number of rotatable bonds is 3. The number of likely N-dealkylation sites (N-methyl/N-ethyl adjacent to an activating group) is 1. The van der Waals surface area contributed by atoms with Gasteiger partial charge in [-0.25, -0.2) is 4.98 Å². The van der Waals surface area contributed by atoms with E-state index in [0.717, 1.165) is 10.7 Å². The van der Waals surface area contributed by atoms with Gasteiger partial charge in [0.05, 0.1) is 30.3 Å². The largest absolute Gasteiger partial charge is 0.362 e. The standard InChI is InChI=1S/C13H19N3O3S/c1-9-15-10(7-20-9)6-11(17)16-4-5-19-13(2,8-16)12(18)14-3/h7H,4-6,8H2,1-3H3,(H,14,18)/t13-/m0/s1. The maximum atomic E-state index is 12.3. The molecule has 1 aromatic heterocycles. The van der Waals surface area contributed by atoms with Crippen LogP contribution in [-0.4, -0.2) is 54.0 Å². The molecule has 2 heterocycles. The predicted octanol–water partition coefficient (Wildman–Crippen LogP) is 0.358. The highest BCUT2D eigenvalue weighted by Crippen LogP contribution is 2.19. The molecular formula is C13H19N3O3S. The lowest BCUT2D eigenvalue weighted by atomic mass is 10.0. The van der Waals surface area contributed by atoms with Crippen molar-refractivity contribution in [3.63, 3.8) is 0 Å². The summed E-state index contributed by atoms with van der Waals surface area (Å²) >= 11 is 1.53. The fraction of sp³-hybridized carbons (Fsp3) is 0.615. The van der Waals surface area contributed by atoms with Crippen LogP contribution in [0.3, 0.4) is 0 Å². The van der Waals surface area contributed by atoms with Crippen molar-refractivity contribution in [1.82, 2.24) is 15.2 Å². The SMILES string of the molecule is CNC(=O)[C@]1(C)CN(C(=O)Cc2csc(C)n2)CCO1. The number of hydrogen-bond acceptors (Lipinski definition) is 5. The quantitative estimate of drug-likeness (QED) is 0.874. The Morgan fingerprint density at radius 3 is 2.95 bits per heavy atom. The predicted molar refractivity (Wildman–Crippen MR) is 75.6 cm³/mol. The molecule has 7 heteroatoms. The van der Waals surface area contributed by atoms with E-state index in [9.17, 15) is 9.59 Å². The molecule has 0 radical (unpaired) electrons. The molecule has 0 aromatic carbocycles. The molecule has 0 bridgehead atoms. The lowest BCUT2D eigenvalue weighted by Crippen LogP contribution is -2.59. The van der Waals surface area contributed by atoms with Crippen molar-refractivity contribution in [3.8, 4) is 0 Å². The third kappa shape index (κ3) is 3.16. The Morgan fingerprint density at radius 2 is 2.35 bits per heavy atom. The van der Waals surface area contributed by atoms with Crippen molar-refractivity contribution in [2.75, 3.05) is 26.7 Å². The monoisotopic (exact) mass is 297 g/mol. The summed E-state index contributed by atoms with van der Waals surface area (Å²) in [6.07, 6.45) is 0.272. The molecule has 1 aliphatic rings. The van der Waals surface area contributed by atoms with Gasteiger partial charge in [0, 0.05) is 19.0 Å². The highest BCUT2D eigenvalue weighted by atomic mass is 32.1. The van der Waals surface area contributed by atoms with Gasteiger partial charge in [-0.2, -0.15) is 0 Å². The maximum absolute atomic E-state index is 12.3. The van der Waals surface area contributed by atoms with Gasteiger partial charge in [-0.15, -0.1) is 11.3 Å². The van der Waals surface area contributed by atoms with E-state index in [1.54, 1.807) is 18.9 Å². The fourth-order valence-corrected chi connectivity index (χ4v) is 2.85. The molecule has 1 fully saturated rings. The minimum atomic E-state index is -0.972. The molecule has 1 aliphatic heterocycles. The van der Waals surface area contributed by atoms with Gasteiger partial charge in [0.25, 0.3) is 5.91 Å². The molecule has 2 amide bonds. The van der Waals surface area contributed by atoms with Crippen LogP contribution in [0.2, 0.25) is 0 Å². The first-order valence-corrected chi connectivity index (χ1v) is 7.37. The molecule has 0 unspecified atom stereocenters. The summed E-state index contributed by atoms with van der Waals surface area (Å²) in [5.74, 6) is -0.228. The normalized spacial score (nSPS) is 22.6. The van der Waals surface area contributed by atoms with Crippen LogP contribution in [-0.2, 0) is 20.7 Å². The summed E-state index contributed by atoms with van der Waals surface area (Å²) in [5.41, 5.74) is -0.189. The number of nitrogens with one attached hydrogen (secondary N) is 1. The van der Waals surface area contributed by atoms with Gasteiger partial charge >= 0.3 is 0 Å². The van der Waals surface area contributed by atoms with E-state index in [-0.39, 0.29) is 24.8 Å². The number of aryl methyl sites for hydroxylation is 1. The summed E-state index contributed by atoms with van der Waals surface area (Å²) in [6.45, 7) is 4.77. The number of aromatic nitrogens is 1. The van der Waals surface area contributed by atoms with Crippen LogP contribution < -0.4 is 5.32 Å². The molecule has 110 valence electrons. The first-order chi connectivity index (χ1) is 9.44. The van der Waals surface area contributed by atoms with E-state index in [1.165, 1.54) is 11.3 Å². The number of nitrogens with zero attached hydrogens (tertiary/aromatic N) is 2. The average Bonchev–Trinajstić information content (AvgIpc) is 2.83. The fourth-order valence-electron chi connectivity index (χ4n) is 2.24. The summed E-state index contributed by atoms with van der Waals surface area (Å²) in [6, 6.07) is 0. The van der Waals surface area contributed by atoms with E-state index in [1.807, 2.05) is 12.3 Å². The third-order valence-corrected chi connectivity index (χ3v) is 4.16. The van der Waals surface area contributed by atoms with Gasteiger partial charge in [0.2, 0.25) is 5.91 Å². The highest BCUT2D eigenvalue weighted by molar-refractivity contribution is 7.09. The van der Waals surface area contributed by atoms with E-state index in [2.05, 4.69) is 10.3 Å². The number of ether oxygens (including phenoxy) is 1. The second-order valence-electron chi connectivity index (χ2n) is 5.01. The lowest BCUT2D eigenvalue weighted by Gasteiger charge is -2.39. The van der Waals surface area contributed by atoms with Crippen molar-refractivity contribution in [3.05, 3.63) is 16.1 Å². The molecule has 1 saturated heterocycles. The van der Waals surface area contributed by atoms with Crippen LogP contribution in [0.5, 0.6) is 0 Å². The number of thiazole rings is 1. The van der Waals surface area contributed by atoms with Crippen LogP contribution in [0.15, 0.2) is 5.38 Å². The van der Waals surface area contributed by atoms with E-state index >= 15 is 0 Å². The van der Waals surface area contributed by atoms with Crippen LogP contribution in [0.1, 0.15) is 17.6 Å². The Labute approximate surface area is 122 Å². The molecule has 2 rings (SSSR count). The maximum Gasteiger partial charge on any atom is 0.253 e. The number of carbonyl (C=O) groups excluding carboxylic acids is 2. The van der Waals surface area contributed by atoms with Crippen LogP contribution in [0, 0.1) is 6.92 Å². The van der Waals surface area contributed by atoms with Crippen molar-refractivity contribution >= 4 is 23.2 Å². The second kappa shape index (κ2) is 5.88. The summed E-state index contributed by atoms with van der Waals surface area (Å²) in [7, 11) is 1.57. The average molecular weight is 297 g/mol.